The number of carbonyl (C=O) groups excluding carboxylic acids is 1. The number of rotatable bonds is 3. The van der Waals surface area contributed by atoms with E-state index in [0.29, 0.717) is 17.4 Å². The Kier molecular flexibility index (Phi) is 4.80. The first-order chi connectivity index (χ1) is 12.8. The monoisotopic (exact) mass is 352 g/mol. The summed E-state index contributed by atoms with van der Waals surface area (Å²) in [5.74, 6) is 1.68. The summed E-state index contributed by atoms with van der Waals surface area (Å²) >= 11 is 0. The van der Waals surface area contributed by atoms with Crippen molar-refractivity contribution >= 4 is 5.91 Å². The molecule has 2 aliphatic rings. The van der Waals surface area contributed by atoms with E-state index in [1.807, 2.05) is 41.3 Å². The van der Waals surface area contributed by atoms with Crippen molar-refractivity contribution in [2.24, 2.45) is 0 Å². The van der Waals surface area contributed by atoms with E-state index in [9.17, 15) is 4.79 Å². The fourth-order valence-corrected chi connectivity index (χ4v) is 3.93. The quantitative estimate of drug-likeness (QED) is 0.852. The van der Waals surface area contributed by atoms with Crippen molar-refractivity contribution in [3.05, 3.63) is 59.7 Å². The molecule has 0 bridgehead atoms. The third kappa shape index (κ3) is 3.15. The summed E-state index contributed by atoms with van der Waals surface area (Å²) in [7, 11) is 1.60. The standard InChI is InChI=1S/C21H24N2O3/c1-25-19-8-4-3-7-17(19)21(24)23-13-11-22(12-14-23)18-10-15-26-20-9-5-2-6-16(18)20/h2-9,18H,10-15H2,1H3. The highest BCUT2D eigenvalue weighted by molar-refractivity contribution is 5.97. The molecule has 4 rings (SSSR count). The number of carbonyl (C=O) groups is 1. The minimum absolute atomic E-state index is 0.0504. The van der Waals surface area contributed by atoms with E-state index in [-0.39, 0.29) is 5.91 Å². The normalized spacial score (nSPS) is 20.2. The Bertz CT molecular complexity index is 784. The Balaban J connectivity index is 1.44. The van der Waals surface area contributed by atoms with Crippen LogP contribution in [-0.4, -0.2) is 55.6 Å². The lowest BCUT2D eigenvalue weighted by atomic mass is 9.98. The van der Waals surface area contributed by atoms with Gasteiger partial charge in [-0.2, -0.15) is 0 Å². The van der Waals surface area contributed by atoms with Gasteiger partial charge in [0.1, 0.15) is 11.5 Å². The fourth-order valence-electron chi connectivity index (χ4n) is 3.93. The van der Waals surface area contributed by atoms with Gasteiger partial charge in [0.05, 0.1) is 19.3 Å². The Labute approximate surface area is 154 Å². The van der Waals surface area contributed by atoms with Crippen LogP contribution in [0.1, 0.15) is 28.4 Å². The molecule has 1 fully saturated rings. The number of piperazine rings is 1. The lowest BCUT2D eigenvalue weighted by Crippen LogP contribution is -2.50. The van der Waals surface area contributed by atoms with E-state index >= 15 is 0 Å². The van der Waals surface area contributed by atoms with Crippen molar-refractivity contribution < 1.29 is 14.3 Å². The zero-order chi connectivity index (χ0) is 17.9. The molecule has 2 heterocycles. The number of amides is 1. The Morgan fingerprint density at radius 2 is 1.77 bits per heavy atom. The summed E-state index contributed by atoms with van der Waals surface area (Å²) in [5.41, 5.74) is 1.91. The second kappa shape index (κ2) is 7.38. The second-order valence-corrected chi connectivity index (χ2v) is 6.72. The molecule has 136 valence electrons. The minimum Gasteiger partial charge on any atom is -0.496 e. The average Bonchev–Trinajstić information content (AvgIpc) is 2.73. The molecule has 1 unspecified atom stereocenters. The summed E-state index contributed by atoms with van der Waals surface area (Å²) in [6.07, 6.45) is 0.997. The van der Waals surface area contributed by atoms with Gasteiger partial charge in [-0.3, -0.25) is 9.69 Å². The van der Waals surface area contributed by atoms with Crippen LogP contribution in [0.2, 0.25) is 0 Å². The zero-order valence-corrected chi connectivity index (χ0v) is 15.1. The molecule has 1 amide bonds. The molecule has 1 saturated heterocycles. The molecule has 0 saturated carbocycles. The topological polar surface area (TPSA) is 42.0 Å². The molecule has 0 aliphatic carbocycles. The van der Waals surface area contributed by atoms with E-state index in [4.69, 9.17) is 9.47 Å². The lowest BCUT2D eigenvalue weighted by molar-refractivity contribution is 0.0508. The molecule has 0 N–H and O–H groups in total. The highest BCUT2D eigenvalue weighted by atomic mass is 16.5. The van der Waals surface area contributed by atoms with E-state index in [0.717, 1.165) is 45.0 Å². The summed E-state index contributed by atoms with van der Waals surface area (Å²) in [5, 5.41) is 0. The number of hydrogen-bond acceptors (Lipinski definition) is 4. The minimum atomic E-state index is 0.0504. The number of hydrogen-bond donors (Lipinski definition) is 0. The molecule has 0 aromatic heterocycles. The molecule has 2 aliphatic heterocycles. The number of ether oxygens (including phenoxy) is 2. The van der Waals surface area contributed by atoms with Gasteiger partial charge in [-0.05, 0) is 18.2 Å². The predicted octanol–water partition coefficient (Wildman–Crippen LogP) is 2.98. The van der Waals surface area contributed by atoms with Gasteiger partial charge >= 0.3 is 0 Å². The van der Waals surface area contributed by atoms with Crippen molar-refractivity contribution in [1.82, 2.24) is 9.80 Å². The molecule has 5 heteroatoms. The lowest BCUT2D eigenvalue weighted by Gasteiger charge is -2.41. The van der Waals surface area contributed by atoms with Crippen LogP contribution in [0, 0.1) is 0 Å². The van der Waals surface area contributed by atoms with Crippen molar-refractivity contribution in [2.75, 3.05) is 39.9 Å². The molecule has 1 atom stereocenters. The highest BCUT2D eigenvalue weighted by Crippen LogP contribution is 2.36. The summed E-state index contributed by atoms with van der Waals surface area (Å²) < 4.78 is 11.1. The first-order valence-electron chi connectivity index (χ1n) is 9.16. The Morgan fingerprint density at radius 1 is 1.04 bits per heavy atom. The fraction of sp³-hybridized carbons (Fsp3) is 0.381. The smallest absolute Gasteiger partial charge is 0.257 e. The number of fused-ring (bicyclic) bond motifs is 1. The van der Waals surface area contributed by atoms with Crippen LogP contribution in [0.4, 0.5) is 0 Å². The van der Waals surface area contributed by atoms with E-state index < -0.39 is 0 Å². The first kappa shape index (κ1) is 16.9. The van der Waals surface area contributed by atoms with Gasteiger partial charge in [0.2, 0.25) is 0 Å². The third-order valence-corrected chi connectivity index (χ3v) is 5.31. The Hall–Kier alpha value is -2.53. The van der Waals surface area contributed by atoms with Crippen molar-refractivity contribution in [3.63, 3.8) is 0 Å². The summed E-state index contributed by atoms with van der Waals surface area (Å²) in [6, 6.07) is 16.1. The van der Waals surface area contributed by atoms with Gasteiger partial charge in [0.25, 0.3) is 5.91 Å². The van der Waals surface area contributed by atoms with E-state index in [1.165, 1.54) is 5.56 Å². The average molecular weight is 352 g/mol. The number of nitrogens with zero attached hydrogens (tertiary/aromatic N) is 2. The van der Waals surface area contributed by atoms with Crippen molar-refractivity contribution in [3.8, 4) is 11.5 Å². The number of methoxy groups -OCH3 is 1. The van der Waals surface area contributed by atoms with Crippen molar-refractivity contribution in [2.45, 2.75) is 12.5 Å². The summed E-state index contributed by atoms with van der Waals surface area (Å²) in [4.78, 5) is 17.3. The maximum Gasteiger partial charge on any atom is 0.257 e. The largest absolute Gasteiger partial charge is 0.496 e. The van der Waals surface area contributed by atoms with Crippen LogP contribution >= 0.6 is 0 Å². The number of para-hydroxylation sites is 2. The predicted molar refractivity (Wildman–Crippen MR) is 99.8 cm³/mol. The molecular weight excluding hydrogens is 328 g/mol. The molecule has 26 heavy (non-hydrogen) atoms. The van der Waals surface area contributed by atoms with Crippen LogP contribution in [-0.2, 0) is 0 Å². The van der Waals surface area contributed by atoms with E-state index in [2.05, 4.69) is 17.0 Å². The van der Waals surface area contributed by atoms with Crippen LogP contribution in [0.5, 0.6) is 11.5 Å². The zero-order valence-electron chi connectivity index (χ0n) is 15.1. The molecule has 5 nitrogen and oxygen atoms in total. The first-order valence-corrected chi connectivity index (χ1v) is 9.16. The van der Waals surface area contributed by atoms with E-state index in [1.54, 1.807) is 7.11 Å². The molecule has 2 aromatic rings. The highest BCUT2D eigenvalue weighted by Gasteiger charge is 2.31. The van der Waals surface area contributed by atoms with Crippen molar-refractivity contribution in [1.29, 1.82) is 0 Å². The maximum atomic E-state index is 12.9. The van der Waals surface area contributed by atoms with Gasteiger partial charge in [0.15, 0.2) is 0 Å². The number of benzene rings is 2. The second-order valence-electron chi connectivity index (χ2n) is 6.72. The van der Waals surface area contributed by atoms with Gasteiger partial charge in [-0.15, -0.1) is 0 Å². The Morgan fingerprint density at radius 3 is 2.58 bits per heavy atom. The third-order valence-electron chi connectivity index (χ3n) is 5.31. The molecule has 2 aromatic carbocycles. The maximum absolute atomic E-state index is 12.9. The van der Waals surface area contributed by atoms with Crippen LogP contribution in [0.3, 0.4) is 0 Å². The van der Waals surface area contributed by atoms with Crippen LogP contribution in [0.25, 0.3) is 0 Å². The van der Waals surface area contributed by atoms with Gasteiger partial charge < -0.3 is 14.4 Å². The summed E-state index contributed by atoms with van der Waals surface area (Å²) in [6.45, 7) is 3.97. The SMILES string of the molecule is COc1ccccc1C(=O)N1CCN(C2CCOc3ccccc32)CC1. The van der Waals surface area contributed by atoms with Gasteiger partial charge in [-0.25, -0.2) is 0 Å². The molecule has 0 radical (unpaired) electrons. The van der Waals surface area contributed by atoms with Crippen LogP contribution < -0.4 is 9.47 Å². The van der Waals surface area contributed by atoms with Gasteiger partial charge in [0, 0.05) is 44.2 Å². The van der Waals surface area contributed by atoms with Gasteiger partial charge in [-0.1, -0.05) is 30.3 Å². The molecular formula is C21H24N2O3. The molecule has 0 spiro atoms. The van der Waals surface area contributed by atoms with Crippen LogP contribution in [0.15, 0.2) is 48.5 Å².